The monoisotopic (exact) mass is 390 g/mol. The van der Waals surface area contributed by atoms with E-state index in [2.05, 4.69) is 4.74 Å². The fourth-order valence-electron chi connectivity index (χ4n) is 2.48. The highest BCUT2D eigenvalue weighted by atomic mass is 19.4. The number of nitrogens with zero attached hydrogens (tertiary/aromatic N) is 2. The van der Waals surface area contributed by atoms with Crippen molar-refractivity contribution in [3.05, 3.63) is 24.3 Å². The Morgan fingerprint density at radius 2 is 1.63 bits per heavy atom. The summed E-state index contributed by atoms with van der Waals surface area (Å²) in [4.78, 5) is 27.0. The maximum Gasteiger partial charge on any atom is 0.422 e. The quantitative estimate of drug-likeness (QED) is 0.655. The Labute approximate surface area is 154 Å². The fourth-order valence-corrected chi connectivity index (χ4v) is 2.48. The molecular weight excluding hydrogens is 369 g/mol. The molecule has 2 rings (SSSR count). The Morgan fingerprint density at radius 1 is 1.04 bits per heavy atom. The van der Waals surface area contributed by atoms with Crippen LogP contribution in [0.15, 0.2) is 24.3 Å². The molecule has 1 heterocycles. The van der Waals surface area contributed by atoms with Gasteiger partial charge in [0.25, 0.3) is 5.91 Å². The normalized spacial score (nSPS) is 15.3. The van der Waals surface area contributed by atoms with Gasteiger partial charge in [-0.25, -0.2) is 0 Å². The summed E-state index contributed by atoms with van der Waals surface area (Å²) >= 11 is 0. The molecule has 0 aliphatic carbocycles. The highest BCUT2D eigenvalue weighted by molar-refractivity contribution is 5.78. The molecule has 1 aromatic carbocycles. The third-order valence-electron chi connectivity index (χ3n) is 3.90. The molecule has 1 aliphatic heterocycles. The van der Waals surface area contributed by atoms with Crippen molar-refractivity contribution in [3.63, 3.8) is 0 Å². The topological polar surface area (TPSA) is 68.3 Å². The van der Waals surface area contributed by atoms with E-state index in [4.69, 9.17) is 9.47 Å². The molecule has 10 heteroatoms. The number of amides is 1. The molecule has 1 aromatic rings. The summed E-state index contributed by atoms with van der Waals surface area (Å²) in [5.74, 6) is -0.642. The van der Waals surface area contributed by atoms with Crippen LogP contribution in [-0.2, 0) is 14.3 Å². The van der Waals surface area contributed by atoms with Gasteiger partial charge in [0.15, 0.2) is 24.7 Å². The summed E-state index contributed by atoms with van der Waals surface area (Å²) in [6.45, 7) is 0.293. The number of ether oxygens (including phenoxy) is 3. The number of hydrogen-bond donors (Lipinski definition) is 0. The summed E-state index contributed by atoms with van der Waals surface area (Å²) in [5, 5.41) is 0. The molecule has 0 aromatic heterocycles. The van der Waals surface area contributed by atoms with Gasteiger partial charge in [-0.1, -0.05) is 12.1 Å². The first-order chi connectivity index (χ1) is 12.8. The van der Waals surface area contributed by atoms with E-state index in [1.54, 1.807) is 11.0 Å². The minimum absolute atomic E-state index is 0.0689. The molecule has 7 nitrogen and oxygen atoms in total. The number of rotatable bonds is 7. The lowest BCUT2D eigenvalue weighted by molar-refractivity contribution is -0.154. The fraction of sp³-hybridized carbons (Fsp3) is 0.529. The summed E-state index contributed by atoms with van der Waals surface area (Å²) in [7, 11) is 1.32. The first-order valence-corrected chi connectivity index (χ1v) is 8.27. The van der Waals surface area contributed by atoms with Gasteiger partial charge in [0.2, 0.25) is 0 Å². The lowest BCUT2D eigenvalue weighted by atomic mass is 10.3. The molecule has 0 bridgehead atoms. The molecule has 0 saturated carbocycles. The van der Waals surface area contributed by atoms with Crippen molar-refractivity contribution in [3.8, 4) is 11.5 Å². The number of piperazine rings is 1. The third-order valence-corrected chi connectivity index (χ3v) is 3.90. The van der Waals surface area contributed by atoms with Crippen LogP contribution < -0.4 is 9.47 Å². The van der Waals surface area contributed by atoms with E-state index in [1.165, 1.54) is 25.3 Å². The largest absolute Gasteiger partial charge is 0.480 e. The van der Waals surface area contributed by atoms with Gasteiger partial charge >= 0.3 is 12.1 Å². The molecular formula is C17H21F3N2O5. The Hall–Kier alpha value is -2.49. The standard InChI is InChI=1S/C17H21F3N2O5/c1-25-16(24)10-21-6-8-22(9-7-21)15(23)11-26-13-4-2-3-5-14(13)27-12-17(18,19)20/h2-5H,6-12H2,1H3. The first-order valence-electron chi connectivity index (χ1n) is 8.27. The third kappa shape index (κ3) is 6.97. The molecule has 1 fully saturated rings. The number of alkyl halides is 3. The van der Waals surface area contributed by atoms with Crippen LogP contribution >= 0.6 is 0 Å². The second kappa shape index (κ2) is 9.45. The number of hydrogen-bond acceptors (Lipinski definition) is 6. The molecule has 1 aliphatic rings. The molecule has 0 atom stereocenters. The number of halogens is 3. The lowest BCUT2D eigenvalue weighted by Gasteiger charge is -2.34. The average Bonchev–Trinajstić information content (AvgIpc) is 2.65. The predicted molar refractivity (Wildman–Crippen MR) is 88.5 cm³/mol. The van der Waals surface area contributed by atoms with Crippen molar-refractivity contribution >= 4 is 11.9 Å². The summed E-state index contributed by atoms with van der Waals surface area (Å²) in [5.41, 5.74) is 0. The second-order valence-corrected chi connectivity index (χ2v) is 5.87. The van der Waals surface area contributed by atoms with Gasteiger partial charge < -0.3 is 19.1 Å². The molecule has 150 valence electrons. The van der Waals surface area contributed by atoms with Crippen molar-refractivity contribution in [2.24, 2.45) is 0 Å². The predicted octanol–water partition coefficient (Wildman–Crippen LogP) is 1.32. The van der Waals surface area contributed by atoms with Crippen LogP contribution in [0.2, 0.25) is 0 Å². The Bertz CT molecular complexity index is 646. The van der Waals surface area contributed by atoms with Crippen LogP contribution in [0.4, 0.5) is 13.2 Å². The van der Waals surface area contributed by atoms with Crippen LogP contribution in [0.3, 0.4) is 0 Å². The summed E-state index contributed by atoms with van der Waals surface area (Å²) < 4.78 is 51.6. The number of para-hydroxylation sites is 2. The second-order valence-electron chi connectivity index (χ2n) is 5.87. The van der Waals surface area contributed by atoms with Crippen LogP contribution in [-0.4, -0.2) is 80.9 Å². The van der Waals surface area contributed by atoms with Crippen molar-refractivity contribution in [2.45, 2.75) is 6.18 Å². The van der Waals surface area contributed by atoms with E-state index in [0.717, 1.165) is 0 Å². The lowest BCUT2D eigenvalue weighted by Crippen LogP contribution is -2.51. The zero-order chi connectivity index (χ0) is 19.9. The smallest absolute Gasteiger partial charge is 0.422 e. The van der Waals surface area contributed by atoms with Crippen molar-refractivity contribution in [2.75, 3.05) is 53.0 Å². The van der Waals surface area contributed by atoms with Gasteiger partial charge in [-0.2, -0.15) is 13.2 Å². The van der Waals surface area contributed by atoms with Crippen molar-refractivity contribution in [1.82, 2.24) is 9.80 Å². The number of esters is 1. The van der Waals surface area contributed by atoms with Gasteiger partial charge in [-0.15, -0.1) is 0 Å². The highest BCUT2D eigenvalue weighted by Gasteiger charge is 2.29. The zero-order valence-corrected chi connectivity index (χ0v) is 14.8. The summed E-state index contributed by atoms with van der Waals surface area (Å²) in [6, 6.07) is 5.87. The number of carbonyl (C=O) groups is 2. The van der Waals surface area contributed by atoms with E-state index < -0.39 is 12.8 Å². The van der Waals surface area contributed by atoms with E-state index in [-0.39, 0.29) is 36.5 Å². The Morgan fingerprint density at radius 3 is 2.19 bits per heavy atom. The van der Waals surface area contributed by atoms with Gasteiger partial charge in [-0.05, 0) is 12.1 Å². The molecule has 1 saturated heterocycles. The minimum Gasteiger partial charge on any atom is -0.480 e. The molecule has 0 unspecified atom stereocenters. The van der Waals surface area contributed by atoms with Crippen molar-refractivity contribution < 1.29 is 37.0 Å². The Balaban J connectivity index is 1.82. The van der Waals surface area contributed by atoms with Gasteiger partial charge in [0.05, 0.1) is 13.7 Å². The van der Waals surface area contributed by atoms with Crippen LogP contribution in [0.5, 0.6) is 11.5 Å². The number of benzene rings is 1. The zero-order valence-electron chi connectivity index (χ0n) is 14.8. The van der Waals surface area contributed by atoms with E-state index >= 15 is 0 Å². The molecule has 1 amide bonds. The molecule has 27 heavy (non-hydrogen) atoms. The van der Waals surface area contributed by atoms with Crippen LogP contribution in [0.25, 0.3) is 0 Å². The van der Waals surface area contributed by atoms with Gasteiger partial charge in [-0.3, -0.25) is 14.5 Å². The summed E-state index contributed by atoms with van der Waals surface area (Å²) in [6.07, 6.45) is -4.47. The number of carbonyl (C=O) groups excluding carboxylic acids is 2. The number of methoxy groups -OCH3 is 1. The van der Waals surface area contributed by atoms with Gasteiger partial charge in [0.1, 0.15) is 0 Å². The molecule has 0 N–H and O–H groups in total. The van der Waals surface area contributed by atoms with Gasteiger partial charge in [0, 0.05) is 26.2 Å². The highest BCUT2D eigenvalue weighted by Crippen LogP contribution is 2.28. The molecule has 0 radical (unpaired) electrons. The van der Waals surface area contributed by atoms with Crippen LogP contribution in [0.1, 0.15) is 0 Å². The SMILES string of the molecule is COC(=O)CN1CCN(C(=O)COc2ccccc2OCC(F)(F)F)CC1. The van der Waals surface area contributed by atoms with E-state index in [9.17, 15) is 22.8 Å². The van der Waals surface area contributed by atoms with Crippen LogP contribution in [0, 0.1) is 0 Å². The van der Waals surface area contributed by atoms with Crippen molar-refractivity contribution in [1.29, 1.82) is 0 Å². The van der Waals surface area contributed by atoms with E-state index in [0.29, 0.717) is 26.2 Å². The Kier molecular flexibility index (Phi) is 7.28. The minimum atomic E-state index is -4.47. The molecule has 0 spiro atoms. The maximum absolute atomic E-state index is 12.3. The maximum atomic E-state index is 12.3. The average molecular weight is 390 g/mol. The van der Waals surface area contributed by atoms with E-state index in [1.807, 2.05) is 4.90 Å². The first kappa shape index (κ1) is 20.8.